The Hall–Kier alpha value is -3.08. The van der Waals surface area contributed by atoms with Crippen molar-refractivity contribution in [3.63, 3.8) is 0 Å². The van der Waals surface area contributed by atoms with Crippen molar-refractivity contribution in [1.82, 2.24) is 9.97 Å². The van der Waals surface area contributed by atoms with E-state index in [0.29, 0.717) is 0 Å². The minimum absolute atomic E-state index is 0.749. The predicted molar refractivity (Wildman–Crippen MR) is 101 cm³/mol. The second kappa shape index (κ2) is 7.00. The quantitative estimate of drug-likeness (QED) is 0.733. The number of nitrogens with one attached hydrogen (secondary N) is 2. The number of anilines is 5. The Balaban J connectivity index is 1.74. The molecule has 2 aromatic carbocycles. The topological polar surface area (TPSA) is 53.1 Å². The fourth-order valence-electron chi connectivity index (χ4n) is 2.34. The van der Waals surface area contributed by atoms with Crippen molar-refractivity contribution in [3.8, 4) is 0 Å². The van der Waals surface area contributed by atoms with Crippen LogP contribution >= 0.6 is 0 Å². The molecule has 0 bridgehead atoms. The third kappa shape index (κ3) is 3.81. The number of rotatable bonds is 5. The number of hydrogen-bond donors (Lipinski definition) is 2. The molecule has 0 spiro atoms. The first-order valence-electron chi connectivity index (χ1n) is 7.81. The van der Waals surface area contributed by atoms with Gasteiger partial charge in [-0.25, -0.2) is 9.97 Å². The normalized spacial score (nSPS) is 10.3. The zero-order valence-corrected chi connectivity index (χ0v) is 14.1. The molecule has 122 valence electrons. The predicted octanol–water partition coefficient (Wildman–Crippen LogP) is 4.34. The van der Waals surface area contributed by atoms with Crippen molar-refractivity contribution < 1.29 is 0 Å². The molecule has 0 aliphatic carbocycles. The maximum absolute atomic E-state index is 4.29. The van der Waals surface area contributed by atoms with Gasteiger partial charge in [0.15, 0.2) is 0 Å². The fourth-order valence-corrected chi connectivity index (χ4v) is 2.34. The maximum atomic E-state index is 4.29. The maximum Gasteiger partial charge on any atom is 0.135 e. The highest BCUT2D eigenvalue weighted by atomic mass is 15.1. The molecule has 0 atom stereocenters. The molecule has 5 nitrogen and oxygen atoms in total. The van der Waals surface area contributed by atoms with Crippen molar-refractivity contribution in [2.75, 3.05) is 29.6 Å². The van der Waals surface area contributed by atoms with Gasteiger partial charge >= 0.3 is 0 Å². The second-order valence-corrected chi connectivity index (χ2v) is 5.79. The summed E-state index contributed by atoms with van der Waals surface area (Å²) in [5, 5.41) is 6.63. The third-order valence-electron chi connectivity index (χ3n) is 3.73. The van der Waals surface area contributed by atoms with Crippen LogP contribution in [0.1, 0.15) is 5.56 Å². The Bertz CT molecular complexity index is 812. The summed E-state index contributed by atoms with van der Waals surface area (Å²) >= 11 is 0. The van der Waals surface area contributed by atoms with E-state index in [4.69, 9.17) is 0 Å². The Morgan fingerprint density at radius 1 is 0.833 bits per heavy atom. The van der Waals surface area contributed by atoms with Crippen LogP contribution in [-0.4, -0.2) is 24.1 Å². The van der Waals surface area contributed by atoms with Crippen LogP contribution in [0.25, 0.3) is 0 Å². The molecular formula is C19H21N5. The first kappa shape index (κ1) is 15.8. The van der Waals surface area contributed by atoms with Gasteiger partial charge in [0.05, 0.1) is 0 Å². The summed E-state index contributed by atoms with van der Waals surface area (Å²) in [6.07, 6.45) is 1.55. The lowest BCUT2D eigenvalue weighted by atomic mass is 10.2. The number of para-hydroxylation sites is 1. The third-order valence-corrected chi connectivity index (χ3v) is 3.73. The van der Waals surface area contributed by atoms with Crippen LogP contribution in [0.3, 0.4) is 0 Å². The van der Waals surface area contributed by atoms with Crippen molar-refractivity contribution in [3.05, 3.63) is 66.5 Å². The van der Waals surface area contributed by atoms with E-state index in [1.165, 1.54) is 5.56 Å². The molecule has 1 aromatic heterocycles. The van der Waals surface area contributed by atoms with Crippen LogP contribution in [-0.2, 0) is 0 Å². The first-order chi connectivity index (χ1) is 11.6. The molecule has 0 radical (unpaired) electrons. The van der Waals surface area contributed by atoms with Crippen molar-refractivity contribution in [2.24, 2.45) is 0 Å². The standard InChI is InChI=1S/C19H21N5/c1-14-6-4-5-7-17(14)23-19-12-18(20-13-21-19)22-15-8-10-16(11-9-15)24(2)3/h4-13H,1-3H3,(H2,20,21,22,23). The molecule has 3 rings (SSSR count). The Morgan fingerprint density at radius 3 is 2.17 bits per heavy atom. The van der Waals surface area contributed by atoms with Crippen LogP contribution in [0.2, 0.25) is 0 Å². The molecule has 0 saturated carbocycles. The minimum Gasteiger partial charge on any atom is -0.378 e. The van der Waals surface area contributed by atoms with Gasteiger partial charge in [0.25, 0.3) is 0 Å². The number of aromatic nitrogens is 2. The van der Waals surface area contributed by atoms with E-state index in [1.807, 2.05) is 50.5 Å². The number of aryl methyl sites for hydroxylation is 1. The van der Waals surface area contributed by atoms with Crippen LogP contribution in [0.5, 0.6) is 0 Å². The van der Waals surface area contributed by atoms with Gasteiger partial charge in [0.1, 0.15) is 18.0 Å². The summed E-state index contributed by atoms with van der Waals surface area (Å²) in [6.45, 7) is 2.06. The lowest BCUT2D eigenvalue weighted by Gasteiger charge is -2.13. The summed E-state index contributed by atoms with van der Waals surface area (Å²) in [7, 11) is 4.05. The summed E-state index contributed by atoms with van der Waals surface area (Å²) in [6, 6.07) is 18.2. The smallest absolute Gasteiger partial charge is 0.135 e. The molecule has 24 heavy (non-hydrogen) atoms. The van der Waals surface area contributed by atoms with E-state index in [-0.39, 0.29) is 0 Å². The molecule has 0 amide bonds. The lowest BCUT2D eigenvalue weighted by molar-refractivity contribution is 1.13. The fraction of sp³-hybridized carbons (Fsp3) is 0.158. The molecule has 1 heterocycles. The highest BCUT2D eigenvalue weighted by Gasteiger charge is 2.03. The van der Waals surface area contributed by atoms with Gasteiger partial charge in [-0.3, -0.25) is 0 Å². The molecule has 0 saturated heterocycles. The van der Waals surface area contributed by atoms with Gasteiger partial charge in [-0.05, 0) is 42.8 Å². The molecule has 2 N–H and O–H groups in total. The van der Waals surface area contributed by atoms with E-state index in [2.05, 4.69) is 50.6 Å². The van der Waals surface area contributed by atoms with E-state index in [1.54, 1.807) is 6.33 Å². The van der Waals surface area contributed by atoms with E-state index < -0.39 is 0 Å². The van der Waals surface area contributed by atoms with Gasteiger partial charge in [-0.1, -0.05) is 18.2 Å². The van der Waals surface area contributed by atoms with Gasteiger partial charge in [0.2, 0.25) is 0 Å². The summed E-state index contributed by atoms with van der Waals surface area (Å²) in [5.74, 6) is 1.50. The number of nitrogens with zero attached hydrogens (tertiary/aromatic N) is 3. The molecule has 5 heteroatoms. The van der Waals surface area contributed by atoms with E-state index >= 15 is 0 Å². The molecule has 0 unspecified atom stereocenters. The number of benzene rings is 2. The molecule has 0 fully saturated rings. The summed E-state index contributed by atoms with van der Waals surface area (Å²) in [5.41, 5.74) is 4.36. The lowest BCUT2D eigenvalue weighted by Crippen LogP contribution is -2.08. The highest BCUT2D eigenvalue weighted by Crippen LogP contribution is 2.22. The SMILES string of the molecule is Cc1ccccc1Nc1cc(Nc2ccc(N(C)C)cc2)ncn1. The Morgan fingerprint density at radius 2 is 1.50 bits per heavy atom. The Kier molecular flexibility index (Phi) is 4.61. The van der Waals surface area contributed by atoms with Gasteiger partial charge in [0, 0.05) is 37.2 Å². The van der Waals surface area contributed by atoms with Gasteiger partial charge in [-0.15, -0.1) is 0 Å². The monoisotopic (exact) mass is 319 g/mol. The van der Waals surface area contributed by atoms with Gasteiger partial charge in [-0.2, -0.15) is 0 Å². The van der Waals surface area contributed by atoms with Crippen LogP contribution in [0.15, 0.2) is 60.9 Å². The summed E-state index contributed by atoms with van der Waals surface area (Å²) in [4.78, 5) is 10.6. The largest absolute Gasteiger partial charge is 0.378 e. The van der Waals surface area contributed by atoms with E-state index in [9.17, 15) is 0 Å². The molecule has 0 aliphatic rings. The molecule has 3 aromatic rings. The first-order valence-corrected chi connectivity index (χ1v) is 7.81. The van der Waals surface area contributed by atoms with Gasteiger partial charge < -0.3 is 15.5 Å². The zero-order chi connectivity index (χ0) is 16.9. The highest BCUT2D eigenvalue weighted by molar-refractivity contribution is 5.65. The van der Waals surface area contributed by atoms with Crippen molar-refractivity contribution in [1.29, 1.82) is 0 Å². The average Bonchev–Trinajstić information content (AvgIpc) is 2.58. The Labute approximate surface area is 142 Å². The minimum atomic E-state index is 0.749. The van der Waals surface area contributed by atoms with Crippen LogP contribution in [0.4, 0.5) is 28.7 Å². The second-order valence-electron chi connectivity index (χ2n) is 5.79. The van der Waals surface area contributed by atoms with Crippen LogP contribution < -0.4 is 15.5 Å². The van der Waals surface area contributed by atoms with Crippen molar-refractivity contribution in [2.45, 2.75) is 6.92 Å². The van der Waals surface area contributed by atoms with Crippen molar-refractivity contribution >= 4 is 28.7 Å². The van der Waals surface area contributed by atoms with E-state index in [0.717, 1.165) is 28.7 Å². The summed E-state index contributed by atoms with van der Waals surface area (Å²) < 4.78 is 0. The van der Waals surface area contributed by atoms with Crippen LogP contribution in [0, 0.1) is 6.92 Å². The number of hydrogen-bond acceptors (Lipinski definition) is 5. The molecule has 0 aliphatic heterocycles. The average molecular weight is 319 g/mol. The molecular weight excluding hydrogens is 298 g/mol. The zero-order valence-electron chi connectivity index (χ0n) is 14.1.